The quantitative estimate of drug-likeness (QED) is 0.844. The third-order valence-electron chi connectivity index (χ3n) is 4.68. The van der Waals surface area contributed by atoms with Gasteiger partial charge in [0.25, 0.3) is 0 Å². The standard InChI is InChI=1S/C17H18FN3O4/c1-9-7-21-8-11(17(23)24)15(22)10-6-12(18)14(16(25-9)13(10)21)20-4-2-19-3-5-20/h6,8-9,19H,2-5,7H2,1H3,(H,23,24). The number of carboxylic acids is 1. The number of aromatic nitrogens is 1. The minimum Gasteiger partial charge on any atom is -0.484 e. The maximum Gasteiger partial charge on any atom is 0.341 e. The van der Waals surface area contributed by atoms with E-state index in [-0.39, 0.29) is 17.1 Å². The fourth-order valence-electron chi connectivity index (χ4n) is 3.60. The number of carbonyl (C=O) groups is 1. The Hall–Kier alpha value is -2.61. The molecule has 4 rings (SSSR count). The molecule has 0 aliphatic carbocycles. The minimum absolute atomic E-state index is 0.0400. The normalized spacial score (nSPS) is 19.8. The summed E-state index contributed by atoms with van der Waals surface area (Å²) in [6, 6.07) is 1.14. The van der Waals surface area contributed by atoms with Gasteiger partial charge in [-0.25, -0.2) is 9.18 Å². The number of nitrogens with zero attached hydrogens (tertiary/aromatic N) is 2. The van der Waals surface area contributed by atoms with Crippen molar-refractivity contribution in [1.82, 2.24) is 9.88 Å². The van der Waals surface area contributed by atoms with Crippen molar-refractivity contribution in [2.75, 3.05) is 31.1 Å². The highest BCUT2D eigenvalue weighted by atomic mass is 19.1. The molecule has 0 spiro atoms. The number of anilines is 1. The molecule has 132 valence electrons. The molecular weight excluding hydrogens is 329 g/mol. The number of ether oxygens (including phenoxy) is 1. The molecule has 8 heteroatoms. The molecule has 1 aromatic heterocycles. The highest BCUT2D eigenvalue weighted by Gasteiger charge is 2.30. The Balaban J connectivity index is 2.05. The lowest BCUT2D eigenvalue weighted by Crippen LogP contribution is -2.44. The average molecular weight is 347 g/mol. The third kappa shape index (κ3) is 2.44. The van der Waals surface area contributed by atoms with Crippen LogP contribution in [-0.4, -0.2) is 47.9 Å². The van der Waals surface area contributed by atoms with E-state index >= 15 is 0 Å². The van der Waals surface area contributed by atoms with Gasteiger partial charge in [-0.15, -0.1) is 0 Å². The Morgan fingerprint density at radius 1 is 1.40 bits per heavy atom. The summed E-state index contributed by atoms with van der Waals surface area (Å²) in [5, 5.41) is 12.5. The van der Waals surface area contributed by atoms with E-state index in [1.165, 1.54) is 6.20 Å². The summed E-state index contributed by atoms with van der Waals surface area (Å²) in [4.78, 5) is 25.8. The predicted octanol–water partition coefficient (Wildman–Crippen LogP) is 1.03. The van der Waals surface area contributed by atoms with Crippen molar-refractivity contribution in [1.29, 1.82) is 0 Å². The van der Waals surface area contributed by atoms with Gasteiger partial charge in [-0.3, -0.25) is 4.79 Å². The van der Waals surface area contributed by atoms with Crippen molar-refractivity contribution >= 4 is 22.6 Å². The Morgan fingerprint density at radius 2 is 2.12 bits per heavy atom. The topological polar surface area (TPSA) is 83.8 Å². The molecule has 1 saturated heterocycles. The summed E-state index contributed by atoms with van der Waals surface area (Å²) in [6.45, 7) is 4.96. The number of hydrogen-bond acceptors (Lipinski definition) is 5. The maximum atomic E-state index is 14.9. The molecule has 1 unspecified atom stereocenters. The van der Waals surface area contributed by atoms with Crippen LogP contribution >= 0.6 is 0 Å². The van der Waals surface area contributed by atoms with Crippen molar-refractivity contribution in [2.24, 2.45) is 0 Å². The minimum atomic E-state index is -1.32. The van der Waals surface area contributed by atoms with Crippen LogP contribution in [0.5, 0.6) is 5.75 Å². The first kappa shape index (κ1) is 15.9. The van der Waals surface area contributed by atoms with E-state index in [0.717, 1.165) is 19.2 Å². The number of pyridine rings is 1. The molecule has 1 fully saturated rings. The van der Waals surface area contributed by atoms with Crippen molar-refractivity contribution in [2.45, 2.75) is 19.6 Å². The SMILES string of the molecule is CC1Cn2cc(C(=O)O)c(=O)c3cc(F)c(N4CCNCC4)c(c32)O1. The highest BCUT2D eigenvalue weighted by molar-refractivity contribution is 5.97. The van der Waals surface area contributed by atoms with Crippen molar-refractivity contribution in [3.8, 4) is 5.75 Å². The molecule has 0 bridgehead atoms. The van der Waals surface area contributed by atoms with Gasteiger partial charge in [-0.2, -0.15) is 0 Å². The molecule has 2 aromatic rings. The summed E-state index contributed by atoms with van der Waals surface area (Å²) in [5.41, 5.74) is -0.245. The molecule has 1 atom stereocenters. The maximum absolute atomic E-state index is 14.9. The van der Waals surface area contributed by atoms with Crippen LogP contribution in [0.2, 0.25) is 0 Å². The van der Waals surface area contributed by atoms with Crippen LogP contribution in [0.1, 0.15) is 17.3 Å². The molecule has 2 N–H and O–H groups in total. The second kappa shape index (κ2) is 5.73. The van der Waals surface area contributed by atoms with Crippen LogP contribution in [-0.2, 0) is 6.54 Å². The van der Waals surface area contributed by atoms with E-state index in [0.29, 0.717) is 36.6 Å². The molecule has 0 saturated carbocycles. The van der Waals surface area contributed by atoms with Crippen LogP contribution in [0, 0.1) is 5.82 Å². The van der Waals surface area contributed by atoms with Gasteiger partial charge in [-0.1, -0.05) is 0 Å². The van der Waals surface area contributed by atoms with Crippen LogP contribution in [0.3, 0.4) is 0 Å². The molecule has 3 heterocycles. The van der Waals surface area contributed by atoms with Crippen molar-refractivity contribution in [3.05, 3.63) is 33.9 Å². The van der Waals surface area contributed by atoms with E-state index in [4.69, 9.17) is 4.74 Å². The zero-order chi connectivity index (χ0) is 17.7. The number of aromatic carboxylic acids is 1. The number of piperazine rings is 1. The number of carboxylic acid groups (broad SMARTS) is 1. The predicted molar refractivity (Wildman–Crippen MR) is 90.3 cm³/mol. The van der Waals surface area contributed by atoms with Gasteiger partial charge in [0.2, 0.25) is 5.43 Å². The lowest BCUT2D eigenvalue weighted by molar-refractivity contribution is 0.0694. The number of halogens is 1. The van der Waals surface area contributed by atoms with E-state index in [9.17, 15) is 19.1 Å². The summed E-state index contributed by atoms with van der Waals surface area (Å²) >= 11 is 0. The Morgan fingerprint density at radius 3 is 2.80 bits per heavy atom. The van der Waals surface area contributed by atoms with Gasteiger partial charge in [0.15, 0.2) is 11.6 Å². The van der Waals surface area contributed by atoms with E-state index in [1.54, 1.807) is 4.57 Å². The van der Waals surface area contributed by atoms with E-state index in [2.05, 4.69) is 5.32 Å². The van der Waals surface area contributed by atoms with Crippen LogP contribution < -0.4 is 20.4 Å². The Kier molecular flexibility index (Phi) is 3.64. The summed E-state index contributed by atoms with van der Waals surface area (Å²) in [6.07, 6.45) is 1.07. The fourth-order valence-corrected chi connectivity index (χ4v) is 3.60. The lowest BCUT2D eigenvalue weighted by Gasteiger charge is -2.34. The van der Waals surface area contributed by atoms with Gasteiger partial charge in [0.1, 0.15) is 17.4 Å². The van der Waals surface area contributed by atoms with Gasteiger partial charge in [-0.05, 0) is 13.0 Å². The number of benzene rings is 1. The first-order valence-corrected chi connectivity index (χ1v) is 8.22. The monoisotopic (exact) mass is 347 g/mol. The van der Waals surface area contributed by atoms with Crippen LogP contribution in [0.15, 0.2) is 17.1 Å². The molecular formula is C17H18FN3O4. The molecule has 7 nitrogen and oxygen atoms in total. The van der Waals surface area contributed by atoms with E-state index < -0.39 is 17.2 Å². The highest BCUT2D eigenvalue weighted by Crippen LogP contribution is 2.41. The summed E-state index contributed by atoms with van der Waals surface area (Å²) in [5.74, 6) is -1.56. The van der Waals surface area contributed by atoms with Gasteiger partial charge in [0, 0.05) is 32.4 Å². The van der Waals surface area contributed by atoms with E-state index in [1.807, 2.05) is 11.8 Å². The summed E-state index contributed by atoms with van der Waals surface area (Å²) in [7, 11) is 0. The second-order valence-corrected chi connectivity index (χ2v) is 6.43. The zero-order valence-corrected chi connectivity index (χ0v) is 13.7. The zero-order valence-electron chi connectivity index (χ0n) is 13.7. The molecule has 0 radical (unpaired) electrons. The Bertz CT molecular complexity index is 934. The molecule has 1 aromatic carbocycles. The number of hydrogen-bond donors (Lipinski definition) is 2. The first-order chi connectivity index (χ1) is 12.0. The van der Waals surface area contributed by atoms with Crippen molar-refractivity contribution < 1.29 is 19.0 Å². The van der Waals surface area contributed by atoms with Crippen LogP contribution in [0.25, 0.3) is 10.9 Å². The van der Waals surface area contributed by atoms with Crippen LogP contribution in [0.4, 0.5) is 10.1 Å². The lowest BCUT2D eigenvalue weighted by atomic mass is 10.1. The van der Waals surface area contributed by atoms with Crippen molar-refractivity contribution in [3.63, 3.8) is 0 Å². The second-order valence-electron chi connectivity index (χ2n) is 6.43. The smallest absolute Gasteiger partial charge is 0.341 e. The molecule has 2 aliphatic heterocycles. The van der Waals surface area contributed by atoms with Gasteiger partial charge >= 0.3 is 5.97 Å². The summed E-state index contributed by atoms with van der Waals surface area (Å²) < 4.78 is 22.5. The Labute approximate surface area is 142 Å². The number of rotatable bonds is 2. The third-order valence-corrected chi connectivity index (χ3v) is 4.68. The largest absolute Gasteiger partial charge is 0.484 e. The fraction of sp³-hybridized carbons (Fsp3) is 0.412. The molecule has 2 aliphatic rings. The number of nitrogens with one attached hydrogen (secondary N) is 1. The van der Waals surface area contributed by atoms with Gasteiger partial charge < -0.3 is 24.6 Å². The van der Waals surface area contributed by atoms with Gasteiger partial charge in [0.05, 0.1) is 17.4 Å². The molecule has 0 amide bonds. The first-order valence-electron chi connectivity index (χ1n) is 8.22. The average Bonchev–Trinajstić information content (AvgIpc) is 2.57. The molecule has 25 heavy (non-hydrogen) atoms.